The van der Waals surface area contributed by atoms with E-state index in [9.17, 15) is 20.0 Å². The van der Waals surface area contributed by atoms with Crippen LogP contribution in [-0.2, 0) is 9.53 Å². The minimum Gasteiger partial charge on any atom is -0.489 e. The molecule has 240 valence electrons. The first-order chi connectivity index (χ1) is 21.1. The van der Waals surface area contributed by atoms with Crippen molar-refractivity contribution < 1.29 is 24.2 Å². The van der Waals surface area contributed by atoms with Crippen LogP contribution in [0.3, 0.4) is 0 Å². The number of carbonyl (C=O) groups is 2. The van der Waals surface area contributed by atoms with E-state index in [1.807, 2.05) is 23.1 Å². The molecule has 0 saturated carbocycles. The highest BCUT2D eigenvalue weighted by atomic mass is 16.6. The van der Waals surface area contributed by atoms with Gasteiger partial charge < -0.3 is 30.1 Å². The molecule has 12 heteroatoms. The number of hydrogen-bond acceptors (Lipinski definition) is 9. The molecule has 3 aromatic heterocycles. The third kappa shape index (κ3) is 7.31. The van der Waals surface area contributed by atoms with Gasteiger partial charge in [0.05, 0.1) is 41.2 Å². The van der Waals surface area contributed by atoms with Crippen LogP contribution in [0.25, 0.3) is 16.6 Å². The minimum atomic E-state index is -1.02. The quantitative estimate of drug-likeness (QED) is 0.341. The number of fused-ring (bicyclic) bond motifs is 3. The van der Waals surface area contributed by atoms with Crippen LogP contribution in [0.5, 0.6) is 5.75 Å². The molecule has 0 radical (unpaired) electrons. The highest BCUT2D eigenvalue weighted by Crippen LogP contribution is 2.37. The summed E-state index contributed by atoms with van der Waals surface area (Å²) in [4.78, 5) is 34.1. The second-order valence-corrected chi connectivity index (χ2v) is 14.3. The van der Waals surface area contributed by atoms with Gasteiger partial charge >= 0.3 is 6.09 Å². The minimum absolute atomic E-state index is 0.0103. The van der Waals surface area contributed by atoms with Crippen molar-refractivity contribution in [3.8, 4) is 22.9 Å². The summed E-state index contributed by atoms with van der Waals surface area (Å²) in [5.41, 5.74) is 7.01. The van der Waals surface area contributed by atoms with E-state index in [0.717, 1.165) is 29.8 Å². The monoisotopic (exact) mass is 617 g/mol. The van der Waals surface area contributed by atoms with Crippen molar-refractivity contribution >= 4 is 23.3 Å². The molecule has 45 heavy (non-hydrogen) atoms. The fourth-order valence-corrected chi connectivity index (χ4v) is 6.63. The molecule has 4 atom stereocenters. The summed E-state index contributed by atoms with van der Waals surface area (Å²) in [7, 11) is 0. The first kappa shape index (κ1) is 32.0. The molecule has 3 aromatic rings. The number of amides is 2. The number of piperazine rings is 1. The Morgan fingerprint density at radius 2 is 1.89 bits per heavy atom. The van der Waals surface area contributed by atoms with Gasteiger partial charge in [0.25, 0.3) is 5.91 Å². The van der Waals surface area contributed by atoms with Gasteiger partial charge in [-0.05, 0) is 62.6 Å². The lowest BCUT2D eigenvalue weighted by molar-refractivity contribution is -0.156. The number of pyridine rings is 2. The Kier molecular flexibility index (Phi) is 8.68. The predicted octanol–water partition coefficient (Wildman–Crippen LogP) is 4.13. The molecule has 0 spiro atoms. The van der Waals surface area contributed by atoms with E-state index >= 15 is 0 Å². The van der Waals surface area contributed by atoms with E-state index in [-0.39, 0.29) is 35.9 Å². The molecule has 3 unspecified atom stereocenters. The third-order valence-electron chi connectivity index (χ3n) is 8.24. The largest absolute Gasteiger partial charge is 0.489 e. The molecule has 3 aliphatic heterocycles. The number of aromatic nitrogens is 3. The fourth-order valence-electron chi connectivity index (χ4n) is 6.63. The first-order valence-electron chi connectivity index (χ1n) is 15.4. The molecule has 0 aromatic carbocycles. The van der Waals surface area contributed by atoms with E-state index in [1.165, 1.54) is 6.20 Å². The molecular formula is C33H43N7O5. The van der Waals surface area contributed by atoms with Gasteiger partial charge in [0.1, 0.15) is 24.2 Å². The van der Waals surface area contributed by atoms with Crippen LogP contribution in [0.4, 0.5) is 10.6 Å². The maximum atomic E-state index is 13.6. The Balaban J connectivity index is 1.30. The Labute approximate surface area is 263 Å². The van der Waals surface area contributed by atoms with Crippen molar-refractivity contribution in [1.29, 1.82) is 5.26 Å². The van der Waals surface area contributed by atoms with Crippen LogP contribution >= 0.6 is 0 Å². The van der Waals surface area contributed by atoms with Crippen LogP contribution in [0.1, 0.15) is 66.4 Å². The van der Waals surface area contributed by atoms with Gasteiger partial charge in [0.2, 0.25) is 0 Å². The normalized spacial score (nSPS) is 19.4. The molecule has 3 saturated heterocycles. The number of piperidine rings is 1. The van der Waals surface area contributed by atoms with Crippen LogP contribution in [0, 0.1) is 22.7 Å². The zero-order valence-electron chi connectivity index (χ0n) is 26.9. The van der Waals surface area contributed by atoms with Gasteiger partial charge in [-0.2, -0.15) is 10.4 Å². The summed E-state index contributed by atoms with van der Waals surface area (Å²) in [6.45, 7) is 13.2. The van der Waals surface area contributed by atoms with Gasteiger partial charge in [0.15, 0.2) is 6.10 Å². The van der Waals surface area contributed by atoms with E-state index in [2.05, 4.69) is 43.8 Å². The topological polar surface area (TPSA) is 159 Å². The number of anilines is 1. The Hall–Kier alpha value is -4.37. The number of nitrogens with zero attached hydrogens (tertiary/aromatic N) is 6. The van der Waals surface area contributed by atoms with E-state index in [0.29, 0.717) is 36.3 Å². The molecule has 3 aliphatic rings. The molecule has 6 heterocycles. The molecule has 3 fully saturated rings. The maximum Gasteiger partial charge on any atom is 0.405 e. The molecule has 12 nitrogen and oxygen atoms in total. The number of ether oxygens (including phenoxy) is 2. The van der Waals surface area contributed by atoms with Crippen molar-refractivity contribution in [3.05, 3.63) is 42.4 Å². The Morgan fingerprint density at radius 1 is 1.18 bits per heavy atom. The summed E-state index contributed by atoms with van der Waals surface area (Å²) in [5, 5.41) is 24.1. The Morgan fingerprint density at radius 3 is 2.47 bits per heavy atom. The van der Waals surface area contributed by atoms with Gasteiger partial charge in [-0.1, -0.05) is 27.7 Å². The van der Waals surface area contributed by atoms with Crippen LogP contribution in [0.15, 0.2) is 36.8 Å². The Bertz CT molecular complexity index is 1590. The van der Waals surface area contributed by atoms with Crippen molar-refractivity contribution in [3.63, 3.8) is 0 Å². The number of rotatable bonds is 10. The lowest BCUT2D eigenvalue weighted by Gasteiger charge is -2.57. The van der Waals surface area contributed by atoms with Crippen molar-refractivity contribution in [2.45, 2.75) is 84.6 Å². The van der Waals surface area contributed by atoms with Crippen LogP contribution < -0.4 is 15.4 Å². The number of aliphatic hydroxyl groups is 1. The predicted molar refractivity (Wildman–Crippen MR) is 168 cm³/mol. The number of primary amides is 1. The summed E-state index contributed by atoms with van der Waals surface area (Å²) in [6, 6.07) is 7.89. The molecule has 2 amide bonds. The standard InChI is InChI=1S/C33H43N7O5/c1-20(12-32(2,3)4)9-27(45-31(35)42)30(41)40-23-10-24(40)17-38(16-23)28-8-7-21(14-36-28)26-11-25(44-19-33(5,6)43)18-39-29(26)22(13-34)15-37-39/h7-8,11,14-15,18,20,23-24,27,43H,9-10,12,16-17,19H2,1-6H3,(H2,35,42)/t20?,23?,24?,27-/m1/s1. The van der Waals surface area contributed by atoms with Crippen LogP contribution in [0.2, 0.25) is 0 Å². The first-order valence-corrected chi connectivity index (χ1v) is 15.4. The second kappa shape index (κ2) is 12.2. The molecule has 2 bridgehead atoms. The van der Waals surface area contributed by atoms with E-state index in [1.54, 1.807) is 30.8 Å². The van der Waals surface area contributed by atoms with Crippen molar-refractivity contribution in [1.82, 2.24) is 19.5 Å². The van der Waals surface area contributed by atoms with E-state index in [4.69, 9.17) is 20.2 Å². The lowest BCUT2D eigenvalue weighted by Crippen LogP contribution is -2.71. The average molecular weight is 618 g/mol. The number of nitriles is 1. The number of hydrogen-bond donors (Lipinski definition) is 2. The van der Waals surface area contributed by atoms with Crippen LogP contribution in [-0.4, -0.2) is 80.1 Å². The smallest absolute Gasteiger partial charge is 0.405 e. The SMILES string of the molecule is CC(C[C@@H](OC(N)=O)C(=O)N1C2CC1CN(c1ccc(-c3cc(OCC(C)(C)O)cn4ncc(C#N)c34)cn1)C2)CC(C)(C)C. The maximum absolute atomic E-state index is 13.6. The van der Waals surface area contributed by atoms with Gasteiger partial charge in [0, 0.05) is 30.4 Å². The second-order valence-electron chi connectivity index (χ2n) is 14.3. The summed E-state index contributed by atoms with van der Waals surface area (Å²) >= 11 is 0. The number of nitrogens with two attached hydrogens (primary N) is 1. The molecular weight excluding hydrogens is 574 g/mol. The number of carbonyl (C=O) groups excluding carboxylic acids is 2. The zero-order chi connectivity index (χ0) is 32.7. The molecule has 3 N–H and O–H groups in total. The van der Waals surface area contributed by atoms with Gasteiger partial charge in [-0.3, -0.25) is 4.79 Å². The summed E-state index contributed by atoms with van der Waals surface area (Å²) in [6.07, 6.45) is 5.34. The van der Waals surface area contributed by atoms with Crippen molar-refractivity contribution in [2.75, 3.05) is 24.6 Å². The summed E-state index contributed by atoms with van der Waals surface area (Å²) < 4.78 is 12.8. The lowest BCUT2D eigenvalue weighted by atomic mass is 9.82. The zero-order valence-corrected chi connectivity index (χ0v) is 26.9. The van der Waals surface area contributed by atoms with Gasteiger partial charge in [-0.15, -0.1) is 0 Å². The van der Waals surface area contributed by atoms with E-state index < -0.39 is 17.8 Å². The fraction of sp³-hybridized carbons (Fsp3) is 0.545. The highest BCUT2D eigenvalue weighted by molar-refractivity contribution is 5.86. The average Bonchev–Trinajstić information content (AvgIpc) is 3.37. The summed E-state index contributed by atoms with van der Waals surface area (Å²) in [5.74, 6) is 1.29. The highest BCUT2D eigenvalue weighted by Gasteiger charge is 2.49. The molecule has 6 rings (SSSR count). The third-order valence-corrected chi connectivity index (χ3v) is 8.24. The van der Waals surface area contributed by atoms with Crippen molar-refractivity contribution in [2.24, 2.45) is 17.1 Å². The van der Waals surface area contributed by atoms with Gasteiger partial charge in [-0.25, -0.2) is 14.3 Å². The molecule has 0 aliphatic carbocycles.